The van der Waals surface area contributed by atoms with Crippen LogP contribution in [0.15, 0.2) is 82.5 Å². The minimum atomic E-state index is -2.84. The van der Waals surface area contributed by atoms with E-state index < -0.39 is 104 Å². The molecule has 61 heavy (non-hydrogen) atoms. The van der Waals surface area contributed by atoms with E-state index in [1.165, 1.54) is 32.4 Å². The van der Waals surface area contributed by atoms with Crippen molar-refractivity contribution in [3.63, 3.8) is 0 Å². The third kappa shape index (κ3) is 5.98. The molecule has 0 aromatic heterocycles. The number of carbonyl (C=O) groups excluding carboxylic acids is 4. The molecule has 4 amide bonds. The molecule has 19 heteroatoms. The zero-order chi connectivity index (χ0) is 44.0. The molecule has 2 saturated heterocycles. The van der Waals surface area contributed by atoms with E-state index in [-0.39, 0.29) is 39.6 Å². The molecule has 316 valence electrons. The summed E-state index contributed by atoms with van der Waals surface area (Å²) in [5.41, 5.74) is 0.243. The molecule has 1 N–H and O–H groups in total. The highest BCUT2D eigenvalue weighted by molar-refractivity contribution is 6.58. The van der Waals surface area contributed by atoms with Crippen LogP contribution in [0.2, 0.25) is 0 Å². The van der Waals surface area contributed by atoms with E-state index in [2.05, 4.69) is 10.2 Å². The molecule has 8 rings (SSSR count). The van der Waals surface area contributed by atoms with Gasteiger partial charge in [0.2, 0.25) is 17.6 Å². The van der Waals surface area contributed by atoms with Gasteiger partial charge in [-0.3, -0.25) is 24.1 Å². The Morgan fingerprint density at radius 1 is 0.738 bits per heavy atom. The largest absolute Gasteiger partial charge is 0.508 e. The van der Waals surface area contributed by atoms with Gasteiger partial charge in [0.25, 0.3) is 11.8 Å². The number of imide groups is 2. The van der Waals surface area contributed by atoms with Crippen molar-refractivity contribution in [2.24, 2.45) is 28.0 Å². The highest BCUT2D eigenvalue weighted by atomic mass is 35.5. The van der Waals surface area contributed by atoms with Crippen LogP contribution in [-0.2, 0) is 19.2 Å². The Labute approximate surface area is 353 Å². The Balaban J connectivity index is 1.22. The van der Waals surface area contributed by atoms with Gasteiger partial charge in [0.1, 0.15) is 22.9 Å². The number of hydrogen-bond donors (Lipinski definition) is 1. The van der Waals surface area contributed by atoms with E-state index in [9.17, 15) is 37.5 Å². The van der Waals surface area contributed by atoms with Crippen LogP contribution in [0.5, 0.6) is 17.2 Å². The summed E-state index contributed by atoms with van der Waals surface area (Å²) >= 11 is 14.5. The number of carbonyl (C=O) groups is 4. The fourth-order valence-electron chi connectivity index (χ4n) is 8.95. The molecule has 2 aliphatic heterocycles. The first-order chi connectivity index (χ1) is 28.9. The zero-order valence-corrected chi connectivity index (χ0v) is 33.9. The van der Waals surface area contributed by atoms with Crippen LogP contribution < -0.4 is 24.2 Å². The van der Waals surface area contributed by atoms with Crippen LogP contribution in [0.4, 0.5) is 50.4 Å². The predicted octanol–water partition coefficient (Wildman–Crippen LogP) is 8.35. The highest BCUT2D eigenvalue weighted by Crippen LogP contribution is 2.68. The summed E-state index contributed by atoms with van der Waals surface area (Å²) in [5.74, 6) is -23.1. The first-order valence-electron chi connectivity index (χ1n) is 18.5. The zero-order valence-electron chi connectivity index (χ0n) is 32.4. The monoisotopic (exact) mass is 883 g/mol. The number of alkyl halides is 2. The van der Waals surface area contributed by atoms with Gasteiger partial charge in [-0.2, -0.15) is 10.2 Å². The summed E-state index contributed by atoms with van der Waals surface area (Å²) < 4.78 is 85.5. The summed E-state index contributed by atoms with van der Waals surface area (Å²) in [6.45, 7) is 0. The van der Waals surface area contributed by atoms with Crippen molar-refractivity contribution in [1.29, 1.82) is 0 Å². The summed E-state index contributed by atoms with van der Waals surface area (Å²) in [4.78, 5) is 55.0. The van der Waals surface area contributed by atoms with Crippen molar-refractivity contribution < 1.29 is 55.7 Å². The Hall–Kier alpha value is -6.07. The lowest BCUT2D eigenvalue weighted by atomic mass is 9.56. The maximum Gasteiger partial charge on any atom is 0.258 e. The number of azo groups is 1. The molecule has 12 nitrogen and oxygen atoms in total. The van der Waals surface area contributed by atoms with E-state index in [0.29, 0.717) is 11.4 Å². The topological polar surface area (TPSA) is 141 Å². The number of halogens is 7. The van der Waals surface area contributed by atoms with E-state index in [4.69, 9.17) is 32.7 Å². The van der Waals surface area contributed by atoms with Crippen LogP contribution in [0.25, 0.3) is 0 Å². The van der Waals surface area contributed by atoms with Gasteiger partial charge in [0.05, 0.1) is 43.1 Å². The number of aromatic hydroxyl groups is 1. The number of phenolic OH excluding ortho intramolecular Hbond substituents is 1. The molecular formula is C42H32Cl2F5N5O7. The molecule has 0 radical (unpaired) electrons. The van der Waals surface area contributed by atoms with Crippen molar-refractivity contribution in [2.75, 3.05) is 43.0 Å². The second-order valence-corrected chi connectivity index (χ2v) is 16.3. The lowest BCUT2D eigenvalue weighted by Crippen LogP contribution is -2.60. The highest BCUT2D eigenvalue weighted by Gasteiger charge is 2.77. The molecule has 2 aliphatic carbocycles. The summed E-state index contributed by atoms with van der Waals surface area (Å²) in [6, 6.07) is 15.6. The third-order valence-corrected chi connectivity index (χ3v) is 13.2. The number of fused-ring (bicyclic) bond motifs is 4. The maximum absolute atomic E-state index is 15.5. The molecular weight excluding hydrogens is 852 g/mol. The Morgan fingerprint density at radius 2 is 1.26 bits per heavy atom. The number of phenols is 1. The number of methoxy groups -OCH3 is 2. The standard InChI is InChI=1S/C42H32Cl2F5N5O7/c1-52(2)20-9-5-18(6-10-20)50-51-19-7-11-21(12-8-19)53-37(56)24-14-13-23-25(28(24)38(53)57)17-41(43)39(58)54(36-34(48)32(46)31(45)33(47)35(36)49)40(59)42(41,44)30(23)29-26(60-3)15-22(55)16-27(29)61-4/h5-13,15-16,24-25,28,30,55H,14,17H2,1-4H3. The normalized spacial score (nSPS) is 25.8. The lowest BCUT2D eigenvalue weighted by Gasteiger charge is -2.51. The Kier molecular flexibility index (Phi) is 10.1. The first kappa shape index (κ1) is 41.7. The van der Waals surface area contributed by atoms with E-state index >= 15 is 8.78 Å². The second kappa shape index (κ2) is 14.8. The lowest BCUT2D eigenvalue weighted by molar-refractivity contribution is -0.125. The van der Waals surface area contributed by atoms with Gasteiger partial charge in [0, 0.05) is 43.4 Å². The van der Waals surface area contributed by atoms with E-state index in [1.807, 2.05) is 31.1 Å². The van der Waals surface area contributed by atoms with Crippen molar-refractivity contribution in [2.45, 2.75) is 28.5 Å². The van der Waals surface area contributed by atoms with Crippen molar-refractivity contribution in [3.05, 3.63) is 107 Å². The number of nitrogens with zero attached hydrogens (tertiary/aromatic N) is 5. The Bertz CT molecular complexity index is 2580. The quantitative estimate of drug-likeness (QED) is 0.0354. The van der Waals surface area contributed by atoms with Crippen LogP contribution in [0, 0.1) is 46.8 Å². The van der Waals surface area contributed by atoms with Crippen molar-refractivity contribution in [1.82, 2.24) is 0 Å². The van der Waals surface area contributed by atoms with Gasteiger partial charge < -0.3 is 19.5 Å². The molecule has 4 aliphatic rings. The van der Waals surface area contributed by atoms with Gasteiger partial charge in [-0.15, -0.1) is 23.2 Å². The van der Waals surface area contributed by atoms with Crippen LogP contribution in [0.1, 0.15) is 24.3 Å². The average Bonchev–Trinajstić information content (AvgIpc) is 3.59. The van der Waals surface area contributed by atoms with Crippen molar-refractivity contribution >= 4 is 75.3 Å². The minimum absolute atomic E-state index is 0.110. The van der Waals surface area contributed by atoms with Gasteiger partial charge in [0.15, 0.2) is 33.0 Å². The minimum Gasteiger partial charge on any atom is -0.508 e. The smallest absolute Gasteiger partial charge is 0.258 e. The number of hydrogen-bond acceptors (Lipinski definition) is 10. The molecule has 2 heterocycles. The van der Waals surface area contributed by atoms with Crippen LogP contribution in [-0.4, -0.2) is 66.8 Å². The number of rotatable bonds is 8. The molecule has 0 bridgehead atoms. The van der Waals surface area contributed by atoms with Crippen LogP contribution >= 0.6 is 23.2 Å². The number of ether oxygens (including phenoxy) is 2. The summed E-state index contributed by atoms with van der Waals surface area (Å²) in [7, 11) is 6.18. The van der Waals surface area contributed by atoms with Gasteiger partial charge >= 0.3 is 0 Å². The van der Waals surface area contributed by atoms with E-state index in [1.54, 1.807) is 24.3 Å². The Morgan fingerprint density at radius 3 is 1.79 bits per heavy atom. The number of allylic oxidation sites excluding steroid dienone is 2. The fourth-order valence-corrected chi connectivity index (χ4v) is 9.87. The summed E-state index contributed by atoms with van der Waals surface area (Å²) in [6.07, 6.45) is 0.703. The maximum atomic E-state index is 15.5. The van der Waals surface area contributed by atoms with Gasteiger partial charge in [-0.1, -0.05) is 11.6 Å². The molecule has 4 aromatic carbocycles. The predicted molar refractivity (Wildman–Crippen MR) is 212 cm³/mol. The van der Waals surface area contributed by atoms with Crippen molar-refractivity contribution in [3.8, 4) is 17.2 Å². The van der Waals surface area contributed by atoms with E-state index in [0.717, 1.165) is 22.7 Å². The average molecular weight is 885 g/mol. The van der Waals surface area contributed by atoms with Crippen LogP contribution in [0.3, 0.4) is 0 Å². The number of amides is 4. The number of anilines is 3. The fraction of sp³-hybridized carbons (Fsp3) is 0.286. The van der Waals surface area contributed by atoms with Gasteiger partial charge in [-0.25, -0.2) is 26.9 Å². The SMILES string of the molecule is COc1cc(O)cc(OC)c1C1C2=CCC3C(=O)N(c4ccc(N=Nc5ccc(N(C)C)cc5)cc4)C(=O)C3C2CC2(Cl)C(=O)N(c3c(F)c(F)c(F)c(F)c3F)C(=O)C12Cl. The number of benzene rings is 4. The molecule has 0 spiro atoms. The third-order valence-electron chi connectivity index (χ3n) is 11.8. The first-order valence-corrected chi connectivity index (χ1v) is 19.3. The molecule has 6 atom stereocenters. The molecule has 3 fully saturated rings. The van der Waals surface area contributed by atoms with Gasteiger partial charge in [-0.05, 0) is 67.3 Å². The second-order valence-electron chi connectivity index (χ2n) is 15.1. The summed E-state index contributed by atoms with van der Waals surface area (Å²) in [5, 5.41) is 19.0. The molecule has 1 saturated carbocycles. The molecule has 4 aromatic rings. The molecule has 6 unspecified atom stereocenters.